The molecule has 0 radical (unpaired) electrons. The quantitative estimate of drug-likeness (QED) is 0.805. The van der Waals surface area contributed by atoms with Gasteiger partial charge >= 0.3 is 0 Å². The fraction of sp³-hybridized carbons (Fsp3) is 0.333. The molecular formula is C18H22N4O3S. The summed E-state index contributed by atoms with van der Waals surface area (Å²) in [5.41, 5.74) is 1.60. The molecular weight excluding hydrogens is 352 g/mol. The molecule has 0 aliphatic carbocycles. The average molecular weight is 374 g/mol. The van der Waals surface area contributed by atoms with Crippen molar-refractivity contribution in [2.24, 2.45) is 0 Å². The number of carbonyl (C=O) groups is 1. The van der Waals surface area contributed by atoms with E-state index in [1.807, 2.05) is 12.1 Å². The monoisotopic (exact) mass is 374 g/mol. The SMILES string of the molecule is CNC(=O)c1ccc(CNc2ccc(S(=O)(=O)N3CCCC3)cn2)cc1. The topological polar surface area (TPSA) is 91.4 Å². The van der Waals surface area contributed by atoms with E-state index in [0.717, 1.165) is 18.4 Å². The largest absolute Gasteiger partial charge is 0.366 e. The van der Waals surface area contributed by atoms with Crippen molar-refractivity contribution in [3.8, 4) is 0 Å². The van der Waals surface area contributed by atoms with Gasteiger partial charge in [0.1, 0.15) is 10.7 Å². The third-order valence-electron chi connectivity index (χ3n) is 4.36. The maximum atomic E-state index is 12.5. The molecule has 1 aliphatic heterocycles. The van der Waals surface area contributed by atoms with Crippen LogP contribution in [0.2, 0.25) is 0 Å². The highest BCUT2D eigenvalue weighted by Crippen LogP contribution is 2.21. The summed E-state index contributed by atoms with van der Waals surface area (Å²) in [5.74, 6) is 0.474. The number of anilines is 1. The Morgan fingerprint density at radius 3 is 2.38 bits per heavy atom. The number of nitrogens with zero attached hydrogens (tertiary/aromatic N) is 2. The van der Waals surface area contributed by atoms with E-state index in [2.05, 4.69) is 15.6 Å². The van der Waals surface area contributed by atoms with Crippen molar-refractivity contribution in [2.75, 3.05) is 25.5 Å². The molecule has 0 saturated carbocycles. The smallest absolute Gasteiger partial charge is 0.251 e. The van der Waals surface area contributed by atoms with Gasteiger partial charge in [-0.05, 0) is 42.7 Å². The molecule has 138 valence electrons. The number of nitrogens with one attached hydrogen (secondary N) is 2. The summed E-state index contributed by atoms with van der Waals surface area (Å²) in [4.78, 5) is 16.0. The number of hydrogen-bond acceptors (Lipinski definition) is 5. The van der Waals surface area contributed by atoms with Gasteiger partial charge in [-0.25, -0.2) is 13.4 Å². The third-order valence-corrected chi connectivity index (χ3v) is 6.24. The minimum Gasteiger partial charge on any atom is -0.366 e. The number of amides is 1. The second-order valence-electron chi connectivity index (χ2n) is 6.12. The lowest BCUT2D eigenvalue weighted by Gasteiger charge is -2.15. The van der Waals surface area contributed by atoms with Gasteiger partial charge in [0, 0.05) is 38.4 Å². The van der Waals surface area contributed by atoms with Crippen molar-refractivity contribution in [3.05, 3.63) is 53.7 Å². The highest BCUT2D eigenvalue weighted by molar-refractivity contribution is 7.89. The van der Waals surface area contributed by atoms with Gasteiger partial charge in [0.05, 0.1) is 0 Å². The van der Waals surface area contributed by atoms with Crippen LogP contribution in [0.15, 0.2) is 47.5 Å². The lowest BCUT2D eigenvalue weighted by molar-refractivity contribution is 0.0963. The summed E-state index contributed by atoms with van der Waals surface area (Å²) in [6.45, 7) is 1.68. The van der Waals surface area contributed by atoms with E-state index in [1.165, 1.54) is 10.5 Å². The molecule has 26 heavy (non-hydrogen) atoms. The standard InChI is InChI=1S/C18H22N4O3S/c1-19-18(23)15-6-4-14(5-7-15)12-20-17-9-8-16(13-21-17)26(24,25)22-10-2-3-11-22/h4-9,13H,2-3,10-12H2,1H3,(H,19,23)(H,20,21). The Bertz CT molecular complexity index is 858. The second-order valence-corrected chi connectivity index (χ2v) is 8.06. The van der Waals surface area contributed by atoms with Crippen molar-refractivity contribution in [1.82, 2.24) is 14.6 Å². The molecule has 3 rings (SSSR count). The minimum atomic E-state index is -3.43. The van der Waals surface area contributed by atoms with E-state index in [0.29, 0.717) is 31.0 Å². The number of pyridine rings is 1. The van der Waals surface area contributed by atoms with Gasteiger partial charge in [-0.2, -0.15) is 4.31 Å². The Hall–Kier alpha value is -2.45. The lowest BCUT2D eigenvalue weighted by Crippen LogP contribution is -2.27. The Kier molecular flexibility index (Phi) is 5.53. The summed E-state index contributed by atoms with van der Waals surface area (Å²) in [7, 11) is -1.84. The number of rotatable bonds is 6. The number of aromatic nitrogens is 1. The molecule has 1 aliphatic rings. The van der Waals surface area contributed by atoms with Crippen LogP contribution < -0.4 is 10.6 Å². The Morgan fingerprint density at radius 1 is 1.12 bits per heavy atom. The molecule has 1 aromatic carbocycles. The van der Waals surface area contributed by atoms with Crippen molar-refractivity contribution in [1.29, 1.82) is 0 Å². The Morgan fingerprint density at radius 2 is 1.81 bits per heavy atom. The van der Waals surface area contributed by atoms with E-state index >= 15 is 0 Å². The number of sulfonamides is 1. The van der Waals surface area contributed by atoms with Gasteiger partial charge < -0.3 is 10.6 Å². The maximum absolute atomic E-state index is 12.5. The van der Waals surface area contributed by atoms with Crippen LogP contribution in [0.4, 0.5) is 5.82 Å². The average Bonchev–Trinajstić information content (AvgIpc) is 3.22. The number of carbonyl (C=O) groups excluding carboxylic acids is 1. The predicted octanol–water partition coefficient (Wildman–Crippen LogP) is 1.84. The summed E-state index contributed by atoms with van der Waals surface area (Å²) in [6, 6.07) is 10.5. The van der Waals surface area contributed by atoms with Crippen LogP contribution in [0.1, 0.15) is 28.8 Å². The number of hydrogen-bond donors (Lipinski definition) is 2. The van der Waals surface area contributed by atoms with E-state index in [4.69, 9.17) is 0 Å². The van der Waals surface area contributed by atoms with Crippen LogP contribution in [0.25, 0.3) is 0 Å². The first-order valence-electron chi connectivity index (χ1n) is 8.52. The second kappa shape index (κ2) is 7.84. The van der Waals surface area contributed by atoms with Gasteiger partial charge in [0.15, 0.2) is 0 Å². The molecule has 1 fully saturated rings. The molecule has 2 aromatic rings. The fourth-order valence-corrected chi connectivity index (χ4v) is 4.29. The van der Waals surface area contributed by atoms with Crippen LogP contribution in [-0.4, -0.2) is 43.8 Å². The van der Waals surface area contributed by atoms with Crippen LogP contribution in [-0.2, 0) is 16.6 Å². The molecule has 0 unspecified atom stereocenters. The molecule has 8 heteroatoms. The molecule has 0 spiro atoms. The fourth-order valence-electron chi connectivity index (χ4n) is 2.83. The maximum Gasteiger partial charge on any atom is 0.251 e. The zero-order chi connectivity index (χ0) is 18.6. The summed E-state index contributed by atoms with van der Waals surface area (Å²) < 4.78 is 26.4. The molecule has 2 heterocycles. The summed E-state index contributed by atoms with van der Waals surface area (Å²) >= 11 is 0. The predicted molar refractivity (Wildman–Crippen MR) is 99.4 cm³/mol. The van der Waals surface area contributed by atoms with Crippen LogP contribution in [0.5, 0.6) is 0 Å². The van der Waals surface area contributed by atoms with Crippen molar-refractivity contribution in [3.63, 3.8) is 0 Å². The normalized spacial score (nSPS) is 15.0. The molecule has 0 atom stereocenters. The van der Waals surface area contributed by atoms with Gasteiger partial charge in [0.25, 0.3) is 5.91 Å². The first-order valence-corrected chi connectivity index (χ1v) is 9.96. The summed E-state index contributed by atoms with van der Waals surface area (Å²) in [6.07, 6.45) is 3.21. The molecule has 1 aromatic heterocycles. The first kappa shape index (κ1) is 18.3. The molecule has 0 bridgehead atoms. The highest BCUT2D eigenvalue weighted by atomic mass is 32.2. The van der Waals surface area contributed by atoms with E-state index < -0.39 is 10.0 Å². The molecule has 1 amide bonds. The zero-order valence-corrected chi connectivity index (χ0v) is 15.4. The Balaban J connectivity index is 1.62. The summed E-state index contributed by atoms with van der Waals surface area (Å²) in [5, 5.41) is 5.73. The lowest BCUT2D eigenvalue weighted by atomic mass is 10.1. The van der Waals surface area contributed by atoms with Crippen molar-refractivity contribution < 1.29 is 13.2 Å². The van der Waals surface area contributed by atoms with Gasteiger partial charge in [-0.1, -0.05) is 12.1 Å². The number of benzene rings is 1. The van der Waals surface area contributed by atoms with Crippen LogP contribution in [0, 0.1) is 0 Å². The van der Waals surface area contributed by atoms with E-state index in [9.17, 15) is 13.2 Å². The van der Waals surface area contributed by atoms with Gasteiger partial charge in [-0.15, -0.1) is 0 Å². The van der Waals surface area contributed by atoms with Crippen molar-refractivity contribution >= 4 is 21.7 Å². The van der Waals surface area contributed by atoms with E-state index in [-0.39, 0.29) is 10.8 Å². The molecule has 7 nitrogen and oxygen atoms in total. The van der Waals surface area contributed by atoms with E-state index in [1.54, 1.807) is 31.3 Å². The zero-order valence-electron chi connectivity index (χ0n) is 14.6. The van der Waals surface area contributed by atoms with Crippen LogP contribution >= 0.6 is 0 Å². The van der Waals surface area contributed by atoms with Crippen molar-refractivity contribution in [2.45, 2.75) is 24.3 Å². The first-order chi connectivity index (χ1) is 12.5. The molecule has 1 saturated heterocycles. The highest BCUT2D eigenvalue weighted by Gasteiger charge is 2.27. The third kappa shape index (κ3) is 4.03. The molecule has 2 N–H and O–H groups in total. The minimum absolute atomic E-state index is 0.124. The van der Waals surface area contributed by atoms with Crippen LogP contribution in [0.3, 0.4) is 0 Å². The van der Waals surface area contributed by atoms with Gasteiger partial charge in [0.2, 0.25) is 10.0 Å². The Labute approximate surface area is 153 Å². The van der Waals surface area contributed by atoms with Gasteiger partial charge in [-0.3, -0.25) is 4.79 Å².